The molecule has 0 aromatic heterocycles. The third-order valence-electron chi connectivity index (χ3n) is 2.89. The molecule has 0 rings (SSSR count). The van der Waals surface area contributed by atoms with Crippen LogP contribution in [0.2, 0.25) is 0 Å². The van der Waals surface area contributed by atoms with E-state index in [1.165, 1.54) is 0 Å². The summed E-state index contributed by atoms with van der Waals surface area (Å²) in [7, 11) is 0. The molecule has 0 aliphatic rings. The number of aliphatic hydroxyl groups is 5. The van der Waals surface area contributed by atoms with Crippen molar-refractivity contribution in [2.24, 2.45) is 0 Å². The lowest BCUT2D eigenvalue weighted by Crippen LogP contribution is -2.46. The molecule has 0 aromatic carbocycles. The van der Waals surface area contributed by atoms with Crippen LogP contribution in [-0.2, 0) is 23.9 Å². The quantitative estimate of drug-likeness (QED) is 0.176. The van der Waals surface area contributed by atoms with Gasteiger partial charge >= 0.3 is 17.9 Å². The maximum absolute atomic E-state index is 11.4. The summed E-state index contributed by atoms with van der Waals surface area (Å²) in [5.41, 5.74) is -2.95. The van der Waals surface area contributed by atoms with Gasteiger partial charge in [-0.3, -0.25) is 14.4 Å². The normalized spacial score (nSPS) is 17.2. The van der Waals surface area contributed by atoms with E-state index >= 15 is 0 Å². The number of carbonyl (C=O) groups excluding carboxylic acids is 2. The lowest BCUT2D eigenvalue weighted by molar-refractivity contribution is -0.173. The van der Waals surface area contributed by atoms with Gasteiger partial charge in [-0.2, -0.15) is 0 Å². The maximum Gasteiger partial charge on any atom is 0.336 e. The topological polar surface area (TPSA) is 219 Å². The molecule has 0 bridgehead atoms. The van der Waals surface area contributed by atoms with Crippen LogP contribution < -0.4 is 0 Å². The number of carboxylic acids is 2. The van der Waals surface area contributed by atoms with Crippen molar-refractivity contribution >= 4 is 23.7 Å². The molecular formula is C12H18O12. The van der Waals surface area contributed by atoms with E-state index < -0.39 is 73.7 Å². The minimum absolute atomic E-state index is 0.952. The minimum atomic E-state index is -2.95. The van der Waals surface area contributed by atoms with Crippen LogP contribution in [0, 0.1) is 0 Å². The number of carbonyl (C=O) groups is 4. The molecule has 0 heterocycles. The van der Waals surface area contributed by atoms with Gasteiger partial charge < -0.3 is 40.5 Å². The summed E-state index contributed by atoms with van der Waals surface area (Å²) in [5, 5.41) is 63.1. The summed E-state index contributed by atoms with van der Waals surface area (Å²) >= 11 is 0. The van der Waals surface area contributed by atoms with Gasteiger partial charge in [0.1, 0.15) is 18.3 Å². The van der Waals surface area contributed by atoms with Gasteiger partial charge in [0.05, 0.1) is 19.4 Å². The van der Waals surface area contributed by atoms with Gasteiger partial charge in [-0.1, -0.05) is 0 Å². The molecular weight excluding hydrogens is 336 g/mol. The second kappa shape index (κ2) is 9.24. The Balaban J connectivity index is 4.65. The Morgan fingerprint density at radius 3 is 1.96 bits per heavy atom. The second-order valence-electron chi connectivity index (χ2n) is 4.90. The Morgan fingerprint density at radius 2 is 1.54 bits per heavy atom. The smallest absolute Gasteiger partial charge is 0.336 e. The zero-order valence-electron chi connectivity index (χ0n) is 12.2. The third kappa shape index (κ3) is 6.55. The highest BCUT2D eigenvalue weighted by atomic mass is 16.5. The van der Waals surface area contributed by atoms with Crippen molar-refractivity contribution < 1.29 is 59.7 Å². The van der Waals surface area contributed by atoms with Gasteiger partial charge in [0.15, 0.2) is 12.2 Å². The Kier molecular flexibility index (Phi) is 8.43. The van der Waals surface area contributed by atoms with E-state index in [2.05, 4.69) is 4.74 Å². The van der Waals surface area contributed by atoms with Crippen LogP contribution in [0.1, 0.15) is 12.8 Å². The Labute approximate surface area is 134 Å². The highest BCUT2D eigenvalue weighted by Crippen LogP contribution is 2.17. The van der Waals surface area contributed by atoms with E-state index in [1.54, 1.807) is 0 Å². The van der Waals surface area contributed by atoms with Crippen LogP contribution in [0.15, 0.2) is 0 Å². The predicted octanol–water partition coefficient (Wildman–Crippen LogP) is -4.15. The van der Waals surface area contributed by atoms with Crippen molar-refractivity contribution in [3.63, 3.8) is 0 Å². The Hall–Kier alpha value is -2.12. The first-order valence-corrected chi connectivity index (χ1v) is 6.45. The van der Waals surface area contributed by atoms with E-state index in [0.29, 0.717) is 0 Å². The molecule has 12 heteroatoms. The lowest BCUT2D eigenvalue weighted by Gasteiger charge is -2.21. The van der Waals surface area contributed by atoms with Crippen molar-refractivity contribution in [2.45, 2.75) is 36.8 Å². The molecule has 0 fully saturated rings. The first-order chi connectivity index (χ1) is 10.9. The van der Waals surface area contributed by atoms with Crippen molar-refractivity contribution in [3.05, 3.63) is 0 Å². The van der Waals surface area contributed by atoms with E-state index in [-0.39, 0.29) is 0 Å². The summed E-state index contributed by atoms with van der Waals surface area (Å²) in [6.45, 7) is -2.09. The number of rotatable bonds is 11. The number of aliphatic hydroxyl groups excluding tert-OH is 4. The van der Waals surface area contributed by atoms with Crippen LogP contribution in [0.25, 0.3) is 0 Å². The van der Waals surface area contributed by atoms with Crippen molar-refractivity contribution in [3.8, 4) is 0 Å². The minimum Gasteiger partial charge on any atom is -0.481 e. The summed E-state index contributed by atoms with van der Waals surface area (Å²) in [5.74, 6) is -6.41. The third-order valence-corrected chi connectivity index (χ3v) is 2.89. The van der Waals surface area contributed by atoms with Crippen molar-refractivity contribution in [2.75, 3.05) is 13.2 Å². The SMILES string of the molecule is O=C(O)CC(O)(CC(=O)OCC(=O)[C@@H](O)[C@H](O)[C@H](O)CO)C(=O)O. The number of hydrogen-bond acceptors (Lipinski definition) is 10. The molecule has 0 aromatic rings. The molecule has 0 aliphatic heterocycles. The molecule has 12 nitrogen and oxygen atoms in total. The molecule has 0 aliphatic carbocycles. The Morgan fingerprint density at radius 1 is 1.00 bits per heavy atom. The second-order valence-corrected chi connectivity index (χ2v) is 4.90. The number of aliphatic carboxylic acids is 2. The van der Waals surface area contributed by atoms with Crippen LogP contribution in [0.5, 0.6) is 0 Å². The first kappa shape index (κ1) is 21.9. The molecule has 24 heavy (non-hydrogen) atoms. The predicted molar refractivity (Wildman–Crippen MR) is 70.5 cm³/mol. The van der Waals surface area contributed by atoms with Crippen molar-refractivity contribution in [1.82, 2.24) is 0 Å². The van der Waals surface area contributed by atoms with Crippen LogP contribution in [-0.4, -0.2) is 96.6 Å². The summed E-state index contributed by atoms with van der Waals surface area (Å²) in [6, 6.07) is 0. The molecule has 0 spiro atoms. The number of hydrogen-bond donors (Lipinski definition) is 7. The zero-order chi connectivity index (χ0) is 19.1. The van der Waals surface area contributed by atoms with Gasteiger partial charge in [-0.05, 0) is 0 Å². The molecule has 4 atom stereocenters. The van der Waals surface area contributed by atoms with Gasteiger partial charge in [0.2, 0.25) is 5.78 Å². The number of ether oxygens (including phenoxy) is 1. The highest BCUT2D eigenvalue weighted by Gasteiger charge is 2.41. The van der Waals surface area contributed by atoms with Gasteiger partial charge in [-0.25, -0.2) is 4.79 Å². The molecule has 0 saturated heterocycles. The van der Waals surface area contributed by atoms with Crippen LogP contribution >= 0.6 is 0 Å². The highest BCUT2D eigenvalue weighted by molar-refractivity contribution is 5.90. The fourth-order valence-corrected chi connectivity index (χ4v) is 1.50. The summed E-state index contributed by atoms with van der Waals surface area (Å²) < 4.78 is 4.30. The van der Waals surface area contributed by atoms with Gasteiger partial charge in [-0.15, -0.1) is 0 Å². The fourth-order valence-electron chi connectivity index (χ4n) is 1.50. The van der Waals surface area contributed by atoms with Crippen molar-refractivity contribution in [1.29, 1.82) is 0 Å². The lowest BCUT2D eigenvalue weighted by atomic mass is 9.96. The molecule has 1 unspecified atom stereocenters. The molecule has 0 saturated carbocycles. The van der Waals surface area contributed by atoms with E-state index in [1.807, 2.05) is 0 Å². The molecule has 0 amide bonds. The van der Waals surface area contributed by atoms with E-state index in [4.69, 9.17) is 20.4 Å². The van der Waals surface area contributed by atoms with E-state index in [9.17, 15) is 34.5 Å². The first-order valence-electron chi connectivity index (χ1n) is 6.45. The van der Waals surface area contributed by atoms with Gasteiger partial charge in [0.25, 0.3) is 0 Å². The average Bonchev–Trinajstić information content (AvgIpc) is 2.49. The number of esters is 1. The maximum atomic E-state index is 11.4. The van der Waals surface area contributed by atoms with Crippen LogP contribution in [0.3, 0.4) is 0 Å². The number of ketones is 1. The largest absolute Gasteiger partial charge is 0.481 e. The standard InChI is InChI=1S/C12H18O12/c13-3-5(14)9(19)10(20)6(15)4-24-8(18)2-12(23,11(21)22)1-7(16)17/h5,9-10,13-14,19-20,23H,1-4H2,(H,16,17)(H,21,22)/t5-,9-,10-,12?/m1/s1. The fraction of sp³-hybridized carbons (Fsp3) is 0.667. The number of Topliss-reactive ketones (excluding diaryl/α,β-unsaturated/α-hetero) is 1. The molecule has 0 radical (unpaired) electrons. The van der Waals surface area contributed by atoms with Gasteiger partial charge in [0, 0.05) is 0 Å². The molecule has 138 valence electrons. The molecule has 7 N–H and O–H groups in total. The monoisotopic (exact) mass is 354 g/mol. The van der Waals surface area contributed by atoms with E-state index in [0.717, 1.165) is 0 Å². The average molecular weight is 354 g/mol. The van der Waals surface area contributed by atoms with Crippen LogP contribution in [0.4, 0.5) is 0 Å². The Bertz CT molecular complexity index is 488. The number of carboxylic acid groups (broad SMARTS) is 2. The summed E-state index contributed by atoms with van der Waals surface area (Å²) in [6.07, 6.45) is -8.65. The zero-order valence-corrected chi connectivity index (χ0v) is 12.2. The summed E-state index contributed by atoms with van der Waals surface area (Å²) in [4.78, 5) is 44.2.